The quantitative estimate of drug-likeness (QED) is 0.783. The highest BCUT2D eigenvalue weighted by molar-refractivity contribution is 7.89. The Morgan fingerprint density at radius 3 is 2.35 bits per heavy atom. The second-order valence-corrected chi connectivity index (χ2v) is 8.44. The normalized spacial score (nSPS) is 15.3. The van der Waals surface area contributed by atoms with Crippen molar-refractivity contribution < 1.29 is 13.2 Å². The summed E-state index contributed by atoms with van der Waals surface area (Å²) < 4.78 is 33.8. The molecule has 2 aromatic rings. The Morgan fingerprint density at radius 1 is 1.00 bits per heavy atom. The lowest BCUT2D eigenvalue weighted by Crippen LogP contribution is -2.28. The summed E-state index contributed by atoms with van der Waals surface area (Å²) in [6.07, 6.45) is 5.38. The van der Waals surface area contributed by atoms with Gasteiger partial charge in [-0.15, -0.1) is 0 Å². The van der Waals surface area contributed by atoms with E-state index in [0.29, 0.717) is 18.8 Å². The van der Waals surface area contributed by atoms with E-state index in [2.05, 4.69) is 22.9 Å². The average Bonchev–Trinajstić information content (AvgIpc) is 2.66. The van der Waals surface area contributed by atoms with Gasteiger partial charge in [-0.25, -0.2) is 13.1 Å². The first-order valence-electron chi connectivity index (χ1n) is 9.40. The highest BCUT2D eigenvalue weighted by atomic mass is 32.2. The molecular weight excluding hydrogens is 346 g/mol. The minimum atomic E-state index is -3.58. The number of sulfonamides is 1. The molecule has 1 atom stereocenters. The number of nitrogens with one attached hydrogen (secondary N) is 1. The largest absolute Gasteiger partial charge is 0.494 e. The highest BCUT2D eigenvalue weighted by Gasteiger charge is 2.21. The minimum Gasteiger partial charge on any atom is -0.494 e. The summed E-state index contributed by atoms with van der Waals surface area (Å²) in [5, 5.41) is 0. The molecule has 0 fully saturated rings. The van der Waals surface area contributed by atoms with E-state index in [1.54, 1.807) is 24.3 Å². The second-order valence-electron chi connectivity index (χ2n) is 6.72. The van der Waals surface area contributed by atoms with Gasteiger partial charge in [0.25, 0.3) is 0 Å². The zero-order valence-electron chi connectivity index (χ0n) is 15.5. The lowest BCUT2D eigenvalue weighted by atomic mass is 9.89. The molecule has 2 aromatic carbocycles. The Balaban J connectivity index is 1.80. The summed E-state index contributed by atoms with van der Waals surface area (Å²) >= 11 is 0. The van der Waals surface area contributed by atoms with E-state index in [1.165, 1.54) is 24.0 Å². The molecule has 0 radical (unpaired) electrons. The maximum Gasteiger partial charge on any atom is 0.241 e. The minimum absolute atomic E-state index is 0.223. The average molecular weight is 374 g/mol. The first-order chi connectivity index (χ1) is 12.5. The van der Waals surface area contributed by atoms with Crippen molar-refractivity contribution in [1.29, 1.82) is 0 Å². The van der Waals surface area contributed by atoms with Crippen molar-refractivity contribution in [2.24, 2.45) is 0 Å². The summed E-state index contributed by atoms with van der Waals surface area (Å²) in [5.41, 5.74) is 3.82. The van der Waals surface area contributed by atoms with E-state index >= 15 is 0 Å². The monoisotopic (exact) mass is 373 g/mol. The third-order valence-corrected chi connectivity index (χ3v) is 6.41. The fraction of sp³-hybridized carbons (Fsp3) is 0.429. The van der Waals surface area contributed by atoms with E-state index in [4.69, 9.17) is 4.74 Å². The van der Waals surface area contributed by atoms with Gasteiger partial charge in [0, 0.05) is 6.04 Å². The van der Waals surface area contributed by atoms with Crippen molar-refractivity contribution in [3.63, 3.8) is 0 Å². The van der Waals surface area contributed by atoms with Crippen molar-refractivity contribution >= 4 is 10.0 Å². The molecule has 1 unspecified atom stereocenters. The molecule has 0 bridgehead atoms. The number of benzene rings is 2. The van der Waals surface area contributed by atoms with Gasteiger partial charge in [0.15, 0.2) is 0 Å². The first-order valence-corrected chi connectivity index (χ1v) is 10.9. The fourth-order valence-corrected chi connectivity index (χ4v) is 4.80. The van der Waals surface area contributed by atoms with Gasteiger partial charge in [-0.1, -0.05) is 25.1 Å². The number of ether oxygens (including phenoxy) is 1. The second kappa shape index (κ2) is 8.23. The Kier molecular flexibility index (Phi) is 5.99. The van der Waals surface area contributed by atoms with Crippen LogP contribution in [-0.2, 0) is 22.9 Å². The lowest BCUT2D eigenvalue weighted by Gasteiger charge is -2.21. The zero-order chi connectivity index (χ0) is 18.6. The van der Waals surface area contributed by atoms with Gasteiger partial charge in [0.1, 0.15) is 5.75 Å². The van der Waals surface area contributed by atoms with Crippen LogP contribution in [0.5, 0.6) is 5.75 Å². The number of fused-ring (bicyclic) bond motifs is 1. The summed E-state index contributed by atoms with van der Waals surface area (Å²) in [6.45, 7) is 4.46. The Labute approximate surface area is 156 Å². The molecule has 1 aliphatic carbocycles. The Hall–Kier alpha value is -1.85. The summed E-state index contributed by atoms with van der Waals surface area (Å²) in [4.78, 5) is 0.261. The maximum absolute atomic E-state index is 12.8. The molecule has 4 nitrogen and oxygen atoms in total. The van der Waals surface area contributed by atoms with Crippen LogP contribution < -0.4 is 9.46 Å². The molecule has 0 aromatic heterocycles. The van der Waals surface area contributed by atoms with Crippen LogP contribution in [0.2, 0.25) is 0 Å². The summed E-state index contributed by atoms with van der Waals surface area (Å²) in [7, 11) is -3.58. The molecule has 0 spiro atoms. The Bertz CT molecular complexity index is 844. The third-order valence-electron chi connectivity index (χ3n) is 4.93. The van der Waals surface area contributed by atoms with Crippen LogP contribution in [0.3, 0.4) is 0 Å². The van der Waals surface area contributed by atoms with Crippen molar-refractivity contribution in [3.05, 3.63) is 59.2 Å². The number of hydrogen-bond donors (Lipinski definition) is 1. The standard InChI is InChI=1S/C21H27NO3S/c1-3-21(18-10-9-16-7-5-6-8-17(16)15-18)22-26(23,24)20-13-11-19(12-14-20)25-4-2/h9-15,21-22H,3-8H2,1-2H3. The van der Waals surface area contributed by atoms with Gasteiger partial charge in [0.2, 0.25) is 10.0 Å². The van der Waals surface area contributed by atoms with Crippen molar-refractivity contribution in [2.75, 3.05) is 6.61 Å². The number of hydrogen-bond acceptors (Lipinski definition) is 3. The van der Waals surface area contributed by atoms with Gasteiger partial charge in [-0.2, -0.15) is 0 Å². The highest BCUT2D eigenvalue weighted by Crippen LogP contribution is 2.27. The zero-order valence-corrected chi connectivity index (χ0v) is 16.3. The van der Waals surface area contributed by atoms with Crippen molar-refractivity contribution in [1.82, 2.24) is 4.72 Å². The summed E-state index contributed by atoms with van der Waals surface area (Å²) in [6, 6.07) is 12.8. The van der Waals surface area contributed by atoms with Gasteiger partial charge in [-0.3, -0.25) is 0 Å². The molecule has 3 rings (SSSR count). The molecule has 0 aliphatic heterocycles. The van der Waals surface area contributed by atoms with Crippen LogP contribution in [-0.4, -0.2) is 15.0 Å². The van der Waals surface area contributed by atoms with Gasteiger partial charge in [-0.05, 0) is 80.0 Å². The predicted octanol–water partition coefficient (Wildman–Crippen LogP) is 4.39. The van der Waals surface area contributed by atoms with Crippen LogP contribution >= 0.6 is 0 Å². The molecule has 26 heavy (non-hydrogen) atoms. The van der Waals surface area contributed by atoms with Gasteiger partial charge >= 0.3 is 0 Å². The fourth-order valence-electron chi connectivity index (χ4n) is 3.49. The van der Waals surface area contributed by atoms with Gasteiger partial charge in [0.05, 0.1) is 11.5 Å². The van der Waals surface area contributed by atoms with E-state index in [-0.39, 0.29) is 10.9 Å². The molecular formula is C21H27NO3S. The van der Waals surface area contributed by atoms with E-state index in [1.807, 2.05) is 13.8 Å². The lowest BCUT2D eigenvalue weighted by molar-refractivity contribution is 0.340. The molecule has 0 saturated carbocycles. The van der Waals surface area contributed by atoms with Gasteiger partial charge < -0.3 is 4.74 Å². The molecule has 140 valence electrons. The SMILES string of the molecule is CCOc1ccc(S(=O)(=O)NC(CC)c2ccc3c(c2)CCCC3)cc1. The summed E-state index contributed by atoms with van der Waals surface area (Å²) in [5.74, 6) is 0.674. The van der Waals surface area contributed by atoms with E-state index in [0.717, 1.165) is 18.4 Å². The van der Waals surface area contributed by atoms with Crippen LogP contribution in [0.15, 0.2) is 47.4 Å². The molecule has 0 heterocycles. The molecule has 1 aliphatic rings. The first kappa shape index (κ1) is 18.9. The topological polar surface area (TPSA) is 55.4 Å². The van der Waals surface area contributed by atoms with Crippen LogP contribution in [0, 0.1) is 0 Å². The Morgan fingerprint density at radius 2 is 1.69 bits per heavy atom. The van der Waals surface area contributed by atoms with Crippen LogP contribution in [0.1, 0.15) is 55.8 Å². The number of rotatable bonds is 7. The smallest absolute Gasteiger partial charge is 0.241 e. The predicted molar refractivity (Wildman–Crippen MR) is 104 cm³/mol. The van der Waals surface area contributed by atoms with E-state index in [9.17, 15) is 8.42 Å². The molecule has 1 N–H and O–H groups in total. The van der Waals surface area contributed by atoms with Crippen molar-refractivity contribution in [3.8, 4) is 5.75 Å². The number of aryl methyl sites for hydroxylation is 2. The maximum atomic E-state index is 12.8. The molecule has 5 heteroatoms. The van der Waals surface area contributed by atoms with Crippen LogP contribution in [0.4, 0.5) is 0 Å². The molecule has 0 amide bonds. The molecule has 0 saturated heterocycles. The third kappa shape index (κ3) is 4.27. The van der Waals surface area contributed by atoms with Crippen LogP contribution in [0.25, 0.3) is 0 Å². The van der Waals surface area contributed by atoms with E-state index < -0.39 is 10.0 Å². The van der Waals surface area contributed by atoms with Crippen molar-refractivity contribution in [2.45, 2.75) is 56.9 Å².